The average Bonchev–Trinajstić information content (AvgIpc) is 2.93. The van der Waals surface area contributed by atoms with Crippen molar-refractivity contribution >= 4 is 40.8 Å². The Morgan fingerprint density at radius 1 is 1.04 bits per heavy atom. The number of nitrogens with zero attached hydrogens (tertiary/aromatic N) is 2. The number of benzodiazepines with no additional fused rings is 1. The Labute approximate surface area is 148 Å². The van der Waals surface area contributed by atoms with Crippen LogP contribution in [0.1, 0.15) is 11.1 Å². The van der Waals surface area contributed by atoms with Gasteiger partial charge in [0.25, 0.3) is 0 Å². The summed E-state index contributed by atoms with van der Waals surface area (Å²) in [5.41, 5.74) is 5.85. The van der Waals surface area contributed by atoms with Crippen molar-refractivity contribution in [1.82, 2.24) is 4.98 Å². The number of hydrogen-bond acceptors (Lipinski definition) is 2. The number of aliphatic imine (C=N–C) groups is 1. The normalized spacial score (nSPS) is 14.2. The molecule has 0 unspecified atom stereocenters. The topological polar surface area (TPSA) is 31.4 Å². The fourth-order valence-corrected chi connectivity index (χ4v) is 3.09. The molecule has 0 aliphatic carbocycles. The lowest BCUT2D eigenvalue weighted by Gasteiger charge is -2.18. The Bertz CT molecular complexity index is 908. The molecule has 0 saturated heterocycles. The number of aromatic amines is 1. The Morgan fingerprint density at radius 3 is 2.75 bits per heavy atom. The molecule has 1 aliphatic rings. The molecule has 0 radical (unpaired) electrons. The van der Waals surface area contributed by atoms with Gasteiger partial charge in [0.2, 0.25) is 0 Å². The quantitative estimate of drug-likeness (QED) is 0.731. The molecule has 0 atom stereocenters. The maximum atomic E-state index is 4.77. The van der Waals surface area contributed by atoms with Crippen molar-refractivity contribution in [1.29, 1.82) is 0 Å². The molecule has 3 nitrogen and oxygen atoms in total. The van der Waals surface area contributed by atoms with Crippen molar-refractivity contribution in [2.75, 3.05) is 25.0 Å². The van der Waals surface area contributed by atoms with Gasteiger partial charge in [0.05, 0.1) is 12.3 Å². The van der Waals surface area contributed by atoms with Gasteiger partial charge in [0, 0.05) is 41.9 Å². The van der Waals surface area contributed by atoms with Crippen LogP contribution in [0.4, 0.5) is 5.69 Å². The van der Waals surface area contributed by atoms with Crippen molar-refractivity contribution in [2.24, 2.45) is 4.99 Å². The summed E-state index contributed by atoms with van der Waals surface area (Å²) in [5, 5.41) is 1.24. The Morgan fingerprint density at radius 2 is 1.83 bits per heavy atom. The molecule has 2 heterocycles. The van der Waals surface area contributed by atoms with Gasteiger partial charge in [-0.05, 0) is 23.8 Å². The Hall–Kier alpha value is -2.52. The summed E-state index contributed by atoms with van der Waals surface area (Å²) in [7, 11) is 2.13. The second-order valence-corrected chi connectivity index (χ2v) is 5.83. The van der Waals surface area contributed by atoms with E-state index in [4.69, 9.17) is 4.99 Å². The maximum Gasteiger partial charge on any atom is 0.0668 e. The largest absolute Gasteiger partial charge is 0.372 e. The van der Waals surface area contributed by atoms with Crippen molar-refractivity contribution in [2.45, 2.75) is 0 Å². The number of aromatic nitrogens is 1. The van der Waals surface area contributed by atoms with Crippen LogP contribution in [0.5, 0.6) is 0 Å². The van der Waals surface area contributed by atoms with Gasteiger partial charge in [-0.25, -0.2) is 0 Å². The minimum Gasteiger partial charge on any atom is -0.372 e. The number of halogens is 1. The molecule has 122 valence electrons. The van der Waals surface area contributed by atoms with Crippen LogP contribution in [0.2, 0.25) is 0 Å². The third kappa shape index (κ3) is 2.95. The fraction of sp³-hybridized carbons (Fsp3) is 0.150. The monoisotopic (exact) mass is 337 g/mol. The predicted octanol–water partition coefficient (Wildman–Crippen LogP) is 4.54. The highest BCUT2D eigenvalue weighted by Crippen LogP contribution is 2.24. The van der Waals surface area contributed by atoms with Gasteiger partial charge >= 0.3 is 0 Å². The zero-order chi connectivity index (χ0) is 15.6. The van der Waals surface area contributed by atoms with E-state index >= 15 is 0 Å². The molecule has 24 heavy (non-hydrogen) atoms. The molecule has 0 spiro atoms. The first kappa shape index (κ1) is 16.3. The van der Waals surface area contributed by atoms with Gasteiger partial charge in [-0.3, -0.25) is 4.99 Å². The van der Waals surface area contributed by atoms with Crippen LogP contribution < -0.4 is 4.90 Å². The van der Waals surface area contributed by atoms with E-state index in [2.05, 4.69) is 77.7 Å². The highest BCUT2D eigenvalue weighted by molar-refractivity contribution is 6.14. The number of para-hydroxylation sites is 2. The molecule has 0 amide bonds. The fourth-order valence-electron chi connectivity index (χ4n) is 3.09. The van der Waals surface area contributed by atoms with Crippen LogP contribution >= 0.6 is 12.4 Å². The van der Waals surface area contributed by atoms with E-state index in [0.29, 0.717) is 0 Å². The molecule has 0 fully saturated rings. The lowest BCUT2D eigenvalue weighted by molar-refractivity contribution is 0.897. The lowest BCUT2D eigenvalue weighted by atomic mass is 10.1. The molecular weight excluding hydrogens is 318 g/mol. The van der Waals surface area contributed by atoms with Gasteiger partial charge in [-0.15, -0.1) is 12.4 Å². The van der Waals surface area contributed by atoms with Gasteiger partial charge < -0.3 is 9.88 Å². The summed E-state index contributed by atoms with van der Waals surface area (Å²) in [5.74, 6) is 0. The molecule has 3 aromatic rings. The molecule has 4 heteroatoms. The third-order valence-electron chi connectivity index (χ3n) is 4.35. The maximum absolute atomic E-state index is 4.77. The second kappa shape index (κ2) is 6.93. The SMILES string of the molecule is CN1CCN=C(/C=C/c2c[nH]c3ccccc23)c2ccccc21.Cl. The van der Waals surface area contributed by atoms with Gasteiger partial charge in [0.1, 0.15) is 0 Å². The smallest absolute Gasteiger partial charge is 0.0668 e. The average molecular weight is 338 g/mol. The standard InChI is InChI=1S/C20H19N3.ClH/c1-23-13-12-21-19(17-7-3-5-9-20(17)23)11-10-15-14-22-18-8-4-2-6-16(15)18;/h2-11,14,22H,12-13H2,1H3;1H/b11-10+;. The zero-order valence-electron chi connectivity index (χ0n) is 13.6. The van der Waals surface area contributed by atoms with Crippen LogP contribution in [0, 0.1) is 0 Å². The summed E-state index contributed by atoms with van der Waals surface area (Å²) < 4.78 is 0. The summed E-state index contributed by atoms with van der Waals surface area (Å²) in [6, 6.07) is 16.8. The summed E-state index contributed by atoms with van der Waals surface area (Å²) >= 11 is 0. The third-order valence-corrected chi connectivity index (χ3v) is 4.35. The van der Waals surface area contributed by atoms with Crippen LogP contribution in [0.25, 0.3) is 17.0 Å². The number of nitrogens with one attached hydrogen (secondary N) is 1. The first-order chi connectivity index (χ1) is 11.3. The van der Waals surface area contributed by atoms with Crippen molar-refractivity contribution < 1.29 is 0 Å². The van der Waals surface area contributed by atoms with Gasteiger partial charge in [-0.1, -0.05) is 42.5 Å². The minimum absolute atomic E-state index is 0. The molecule has 1 aromatic heterocycles. The van der Waals surface area contributed by atoms with Crippen LogP contribution in [0.15, 0.2) is 65.8 Å². The van der Waals surface area contributed by atoms with Crippen molar-refractivity contribution in [3.63, 3.8) is 0 Å². The van der Waals surface area contributed by atoms with E-state index in [1.807, 2.05) is 6.07 Å². The van der Waals surface area contributed by atoms with Crippen molar-refractivity contribution in [3.05, 3.63) is 71.9 Å². The summed E-state index contributed by atoms with van der Waals surface area (Å²) in [4.78, 5) is 10.4. The van der Waals surface area contributed by atoms with Crippen LogP contribution in [-0.2, 0) is 0 Å². The van der Waals surface area contributed by atoms with E-state index in [-0.39, 0.29) is 12.4 Å². The highest BCUT2D eigenvalue weighted by atomic mass is 35.5. The predicted molar refractivity (Wildman–Crippen MR) is 106 cm³/mol. The van der Waals surface area contributed by atoms with E-state index in [1.165, 1.54) is 22.2 Å². The molecule has 1 N–H and O–H groups in total. The lowest BCUT2D eigenvalue weighted by Crippen LogP contribution is -2.20. The number of benzene rings is 2. The molecule has 1 aliphatic heterocycles. The molecular formula is C20H20ClN3. The number of fused-ring (bicyclic) bond motifs is 2. The number of likely N-dealkylation sites (N-methyl/N-ethyl adjacent to an activating group) is 1. The van der Waals surface area contributed by atoms with E-state index in [9.17, 15) is 0 Å². The van der Waals surface area contributed by atoms with Gasteiger partial charge in [0.15, 0.2) is 0 Å². The number of anilines is 1. The number of H-pyrrole nitrogens is 1. The number of hydrogen-bond donors (Lipinski definition) is 1. The van der Waals surface area contributed by atoms with Crippen LogP contribution in [-0.4, -0.2) is 30.8 Å². The number of rotatable bonds is 2. The first-order valence-corrected chi connectivity index (χ1v) is 7.92. The van der Waals surface area contributed by atoms with Crippen molar-refractivity contribution in [3.8, 4) is 0 Å². The first-order valence-electron chi connectivity index (χ1n) is 7.92. The second-order valence-electron chi connectivity index (χ2n) is 5.83. The zero-order valence-corrected chi connectivity index (χ0v) is 14.4. The summed E-state index contributed by atoms with van der Waals surface area (Å²) in [6.07, 6.45) is 6.34. The Kier molecular flexibility index (Phi) is 4.72. The van der Waals surface area contributed by atoms with E-state index in [1.54, 1.807) is 0 Å². The molecule has 0 bridgehead atoms. The van der Waals surface area contributed by atoms with Crippen LogP contribution in [0.3, 0.4) is 0 Å². The van der Waals surface area contributed by atoms with E-state index in [0.717, 1.165) is 24.3 Å². The minimum atomic E-state index is 0. The summed E-state index contributed by atoms with van der Waals surface area (Å²) in [6.45, 7) is 1.76. The molecule has 0 saturated carbocycles. The molecule has 2 aromatic carbocycles. The number of allylic oxidation sites excluding steroid dienone is 1. The Balaban J connectivity index is 0.00000169. The molecule has 4 rings (SSSR count). The van der Waals surface area contributed by atoms with E-state index < -0.39 is 0 Å². The highest BCUT2D eigenvalue weighted by Gasteiger charge is 2.13. The van der Waals surface area contributed by atoms with Gasteiger partial charge in [-0.2, -0.15) is 0 Å².